The number of hydrazine groups is 1. The Hall–Kier alpha value is -0.860. The molecule has 2 heteroatoms. The minimum absolute atomic E-state index is 0.271. The van der Waals surface area contributed by atoms with Gasteiger partial charge >= 0.3 is 0 Å². The van der Waals surface area contributed by atoms with Gasteiger partial charge < -0.3 is 0 Å². The number of benzene rings is 1. The Morgan fingerprint density at radius 3 is 2.17 bits per heavy atom. The van der Waals surface area contributed by atoms with E-state index in [-0.39, 0.29) is 6.04 Å². The molecule has 2 unspecified atom stereocenters. The molecule has 2 atom stereocenters. The monoisotopic (exact) mass is 248 g/mol. The van der Waals surface area contributed by atoms with Gasteiger partial charge in [0.2, 0.25) is 0 Å². The highest BCUT2D eigenvalue weighted by molar-refractivity contribution is 5.39. The molecule has 0 heterocycles. The zero-order valence-electron chi connectivity index (χ0n) is 12.5. The molecule has 0 radical (unpaired) electrons. The van der Waals surface area contributed by atoms with Gasteiger partial charge in [0, 0.05) is 6.04 Å². The van der Waals surface area contributed by atoms with Gasteiger partial charge in [-0.3, -0.25) is 11.3 Å². The summed E-state index contributed by atoms with van der Waals surface area (Å²) >= 11 is 0. The third kappa shape index (κ3) is 3.82. The summed E-state index contributed by atoms with van der Waals surface area (Å²) in [5.41, 5.74) is 8.41. The van der Waals surface area contributed by atoms with Crippen LogP contribution in [-0.4, -0.2) is 0 Å². The molecule has 1 rings (SSSR count). The Labute approximate surface area is 112 Å². The van der Waals surface area contributed by atoms with Crippen molar-refractivity contribution < 1.29 is 0 Å². The molecule has 0 aliphatic heterocycles. The van der Waals surface area contributed by atoms with Crippen molar-refractivity contribution >= 4 is 0 Å². The lowest BCUT2D eigenvalue weighted by Crippen LogP contribution is -2.30. The molecule has 0 spiro atoms. The average Bonchev–Trinajstić information content (AvgIpc) is 2.26. The summed E-state index contributed by atoms with van der Waals surface area (Å²) in [6.45, 7) is 11.1. The summed E-state index contributed by atoms with van der Waals surface area (Å²) < 4.78 is 0. The smallest absolute Gasteiger partial charge is 0.0467 e. The van der Waals surface area contributed by atoms with Crippen LogP contribution in [0.15, 0.2) is 12.1 Å². The molecule has 0 aromatic heterocycles. The van der Waals surface area contributed by atoms with E-state index in [2.05, 4.69) is 52.2 Å². The predicted molar refractivity (Wildman–Crippen MR) is 79.4 cm³/mol. The van der Waals surface area contributed by atoms with Gasteiger partial charge in [0.15, 0.2) is 0 Å². The van der Waals surface area contributed by atoms with Gasteiger partial charge in [-0.1, -0.05) is 44.4 Å². The minimum atomic E-state index is 0.271. The Bertz CT molecular complexity index is 362. The number of rotatable bonds is 6. The van der Waals surface area contributed by atoms with E-state index >= 15 is 0 Å². The minimum Gasteiger partial charge on any atom is -0.271 e. The first-order valence-corrected chi connectivity index (χ1v) is 7.03. The molecule has 0 saturated heterocycles. The zero-order chi connectivity index (χ0) is 13.7. The van der Waals surface area contributed by atoms with Gasteiger partial charge in [0.05, 0.1) is 0 Å². The molecule has 0 saturated carbocycles. The van der Waals surface area contributed by atoms with Crippen LogP contribution in [0, 0.1) is 26.7 Å². The number of nitrogens with two attached hydrogens (primary N) is 1. The van der Waals surface area contributed by atoms with Crippen molar-refractivity contribution in [2.45, 2.75) is 59.9 Å². The van der Waals surface area contributed by atoms with Gasteiger partial charge in [-0.2, -0.15) is 0 Å². The third-order valence-corrected chi connectivity index (χ3v) is 3.71. The van der Waals surface area contributed by atoms with Crippen molar-refractivity contribution in [3.63, 3.8) is 0 Å². The van der Waals surface area contributed by atoms with Crippen molar-refractivity contribution in [2.24, 2.45) is 11.8 Å². The van der Waals surface area contributed by atoms with E-state index in [1.807, 2.05) is 0 Å². The summed E-state index contributed by atoms with van der Waals surface area (Å²) in [5, 5.41) is 0. The Morgan fingerprint density at radius 2 is 1.72 bits per heavy atom. The number of hydrogen-bond donors (Lipinski definition) is 2. The molecule has 0 aliphatic carbocycles. The predicted octanol–water partition coefficient (Wildman–Crippen LogP) is 3.94. The van der Waals surface area contributed by atoms with Gasteiger partial charge in [-0.25, -0.2) is 0 Å². The van der Waals surface area contributed by atoms with Gasteiger partial charge in [0.25, 0.3) is 0 Å². The van der Waals surface area contributed by atoms with E-state index in [4.69, 9.17) is 5.84 Å². The molecular formula is C16H28N2. The lowest BCUT2D eigenvalue weighted by Gasteiger charge is -2.24. The first kappa shape index (κ1) is 15.2. The molecule has 102 valence electrons. The zero-order valence-corrected chi connectivity index (χ0v) is 12.5. The topological polar surface area (TPSA) is 38.0 Å². The van der Waals surface area contributed by atoms with Crippen molar-refractivity contribution in [1.82, 2.24) is 5.43 Å². The fourth-order valence-electron chi connectivity index (χ4n) is 3.02. The van der Waals surface area contributed by atoms with Crippen LogP contribution in [0.3, 0.4) is 0 Å². The number of hydrogen-bond acceptors (Lipinski definition) is 2. The normalized spacial score (nSPS) is 14.6. The van der Waals surface area contributed by atoms with Gasteiger partial charge in [-0.05, 0) is 49.8 Å². The Morgan fingerprint density at radius 1 is 1.17 bits per heavy atom. The number of nitrogens with one attached hydrogen (secondary N) is 1. The maximum atomic E-state index is 5.78. The van der Waals surface area contributed by atoms with Crippen LogP contribution in [0.25, 0.3) is 0 Å². The average molecular weight is 248 g/mol. The van der Waals surface area contributed by atoms with Crippen LogP contribution in [0.1, 0.15) is 61.4 Å². The quantitative estimate of drug-likeness (QED) is 0.591. The summed E-state index contributed by atoms with van der Waals surface area (Å²) in [6.07, 6.45) is 3.61. The van der Waals surface area contributed by atoms with Gasteiger partial charge in [0.1, 0.15) is 0 Å². The van der Waals surface area contributed by atoms with E-state index in [0.29, 0.717) is 5.92 Å². The summed E-state index contributed by atoms with van der Waals surface area (Å²) in [7, 11) is 0. The molecular weight excluding hydrogens is 220 g/mol. The highest BCUT2D eigenvalue weighted by Gasteiger charge is 2.17. The molecule has 18 heavy (non-hydrogen) atoms. The van der Waals surface area contributed by atoms with Crippen molar-refractivity contribution in [1.29, 1.82) is 0 Å². The molecule has 0 amide bonds. The maximum Gasteiger partial charge on any atom is 0.0467 e. The summed E-state index contributed by atoms with van der Waals surface area (Å²) in [5.74, 6) is 6.48. The van der Waals surface area contributed by atoms with E-state index < -0.39 is 0 Å². The first-order chi connectivity index (χ1) is 8.49. The molecule has 0 bridgehead atoms. The molecule has 1 aromatic carbocycles. The lowest BCUT2D eigenvalue weighted by atomic mass is 9.88. The lowest BCUT2D eigenvalue weighted by molar-refractivity contribution is 0.393. The first-order valence-electron chi connectivity index (χ1n) is 7.03. The molecule has 1 aromatic rings. The largest absolute Gasteiger partial charge is 0.271 e. The van der Waals surface area contributed by atoms with Crippen molar-refractivity contribution in [3.05, 3.63) is 34.4 Å². The standard InChI is InChI=1S/C16H28N2/c1-6-7-11(2)10-15(18-17)16-13(4)8-12(3)9-14(16)5/h8-9,11,15,18H,6-7,10,17H2,1-5H3. The fraction of sp³-hybridized carbons (Fsp3) is 0.625. The van der Waals surface area contributed by atoms with Crippen LogP contribution >= 0.6 is 0 Å². The highest BCUT2D eigenvalue weighted by Crippen LogP contribution is 2.29. The Balaban J connectivity index is 2.95. The summed E-state index contributed by atoms with van der Waals surface area (Å²) in [6, 6.07) is 4.76. The molecule has 2 nitrogen and oxygen atoms in total. The van der Waals surface area contributed by atoms with Gasteiger partial charge in [-0.15, -0.1) is 0 Å². The van der Waals surface area contributed by atoms with E-state index in [0.717, 1.165) is 6.42 Å². The van der Waals surface area contributed by atoms with Crippen LogP contribution in [0.4, 0.5) is 0 Å². The molecule has 0 fully saturated rings. The van der Waals surface area contributed by atoms with Crippen molar-refractivity contribution in [3.8, 4) is 0 Å². The third-order valence-electron chi connectivity index (χ3n) is 3.71. The molecule has 3 N–H and O–H groups in total. The highest BCUT2D eigenvalue weighted by atomic mass is 15.2. The number of aryl methyl sites for hydroxylation is 3. The summed E-state index contributed by atoms with van der Waals surface area (Å²) in [4.78, 5) is 0. The second-order valence-corrected chi connectivity index (χ2v) is 5.66. The van der Waals surface area contributed by atoms with Crippen molar-refractivity contribution in [2.75, 3.05) is 0 Å². The fourth-order valence-corrected chi connectivity index (χ4v) is 3.02. The van der Waals surface area contributed by atoms with Crippen LogP contribution in [0.5, 0.6) is 0 Å². The Kier molecular flexibility index (Phi) is 5.83. The van der Waals surface area contributed by atoms with E-state index in [1.165, 1.54) is 35.1 Å². The second kappa shape index (κ2) is 6.91. The maximum absolute atomic E-state index is 5.78. The van der Waals surface area contributed by atoms with Crippen LogP contribution in [0.2, 0.25) is 0 Å². The van der Waals surface area contributed by atoms with Crippen LogP contribution < -0.4 is 11.3 Å². The SMILES string of the molecule is CCCC(C)CC(NN)c1c(C)cc(C)cc1C. The molecule has 0 aliphatic rings. The van der Waals surface area contributed by atoms with E-state index in [1.54, 1.807) is 0 Å². The van der Waals surface area contributed by atoms with Crippen LogP contribution in [-0.2, 0) is 0 Å². The van der Waals surface area contributed by atoms with E-state index in [9.17, 15) is 0 Å². The second-order valence-electron chi connectivity index (χ2n) is 5.66.